The zero-order valence-electron chi connectivity index (χ0n) is 45.0. The first-order valence-corrected chi connectivity index (χ1v) is 25.2. The number of hydrogen-bond donors (Lipinski definition) is 5. The number of carbonyl (C=O) groups is 4. The lowest BCUT2D eigenvalue weighted by Crippen LogP contribution is -2.63. The van der Waals surface area contributed by atoms with Crippen molar-refractivity contribution in [3.8, 4) is 23.1 Å². The second-order valence-electron chi connectivity index (χ2n) is 20.6. The Kier molecular flexibility index (Phi) is 20.3. The summed E-state index contributed by atoms with van der Waals surface area (Å²) in [5, 5.41) is 22.1. The second kappa shape index (κ2) is 26.1. The molecular formula is C53H62F10N10O8. The molecule has 0 aliphatic carbocycles. The molecule has 442 valence electrons. The predicted octanol–water partition coefficient (Wildman–Crippen LogP) is 6.87. The molecule has 0 saturated carbocycles. The second-order valence-corrected chi connectivity index (χ2v) is 20.6. The Bertz CT molecular complexity index is 2860. The minimum Gasteiger partial charge on any atom is -0.453 e. The molecule has 81 heavy (non-hydrogen) atoms. The Hall–Kier alpha value is -7.22. The van der Waals surface area contributed by atoms with Gasteiger partial charge in [0.15, 0.2) is 0 Å². The third kappa shape index (κ3) is 15.4. The van der Waals surface area contributed by atoms with Gasteiger partial charge in [0.2, 0.25) is 5.91 Å². The number of nitrogens with one attached hydrogen (secondary N) is 4. The molecule has 0 spiro atoms. The van der Waals surface area contributed by atoms with Crippen LogP contribution in [0.4, 0.5) is 59.3 Å². The monoisotopic (exact) mass is 1160 g/mol. The Morgan fingerprint density at radius 2 is 1.32 bits per heavy atom. The molecule has 2 aromatic heterocycles. The molecule has 2 saturated heterocycles. The highest BCUT2D eigenvalue weighted by atomic mass is 19.4. The van der Waals surface area contributed by atoms with E-state index < -0.39 is 115 Å². The van der Waals surface area contributed by atoms with E-state index in [2.05, 4.69) is 46.5 Å². The molecule has 2 aliphatic rings. The van der Waals surface area contributed by atoms with Gasteiger partial charge in [-0.05, 0) is 95.0 Å². The maximum absolute atomic E-state index is 16.0. The number of fused-ring (bicyclic) bond motifs is 2. The summed E-state index contributed by atoms with van der Waals surface area (Å²) in [5.74, 6) is 0.755. The fourth-order valence-corrected chi connectivity index (χ4v) is 9.30. The van der Waals surface area contributed by atoms with Crippen molar-refractivity contribution < 1.29 is 82.4 Å². The standard InChI is InChI=1S/C53H62F10N10O8/c1-50(2,52(58,59)60)43(66-48(77)80-6)45(75)65-40(22-31-11-8-30(9-12-31)10-13-32-14-17-42(64-25-32)70-26-34-15-16-35(27-70)72(34)20-21-79-5)41(74)29-71(69-46(76)44(67-49(78)81-7)51(3,4)53(61,62)63)28-36-37(54)23-33(24-38(36)55)39-18-19-73(68-39)47(56)57/h8-9,11-12,14,17-19,23-25,34-35,40-41,43-44,47,74H,15-16,20-22,26-29H2,1-7H3,(H,65,75)(H,66,77)(H,67,78)(H,69,76)/t34?,35?,40-,41-,43?,44+/m0/s1. The molecule has 4 amide bonds. The van der Waals surface area contributed by atoms with Gasteiger partial charge in [-0.15, -0.1) is 0 Å². The molecule has 0 radical (unpaired) electrons. The van der Waals surface area contributed by atoms with Gasteiger partial charge in [-0.25, -0.2) is 33.0 Å². The van der Waals surface area contributed by atoms with Crippen LogP contribution in [0, 0.1) is 34.3 Å². The average molecular weight is 1160 g/mol. The smallest absolute Gasteiger partial charge is 0.407 e. The van der Waals surface area contributed by atoms with Crippen molar-refractivity contribution in [1.29, 1.82) is 0 Å². The zero-order chi connectivity index (χ0) is 59.8. The number of halogens is 10. The number of pyridine rings is 1. The number of aliphatic hydroxyl groups excluding tert-OH is 1. The molecule has 2 aliphatic heterocycles. The molecule has 6 rings (SSSR count). The number of aliphatic hydroxyl groups is 1. The summed E-state index contributed by atoms with van der Waals surface area (Å²) in [6.45, 7) is 0.00558. The van der Waals surface area contributed by atoms with E-state index in [1.807, 2.05) is 22.9 Å². The van der Waals surface area contributed by atoms with Gasteiger partial charge in [0.05, 0.1) is 49.5 Å². The van der Waals surface area contributed by atoms with E-state index in [1.54, 1.807) is 30.8 Å². The zero-order valence-corrected chi connectivity index (χ0v) is 45.0. The first-order valence-electron chi connectivity index (χ1n) is 25.2. The fraction of sp³-hybridized carbons (Fsp3) is 0.509. The summed E-state index contributed by atoms with van der Waals surface area (Å²) in [7, 11) is 3.28. The number of nitrogens with zero attached hydrogens (tertiary/aromatic N) is 6. The molecule has 2 aromatic carbocycles. The number of anilines is 1. The summed E-state index contributed by atoms with van der Waals surface area (Å²) in [6, 6.07) is 6.08. The summed E-state index contributed by atoms with van der Waals surface area (Å²) in [5.41, 5.74) is -4.43. The van der Waals surface area contributed by atoms with Crippen LogP contribution in [0.1, 0.15) is 69.3 Å². The van der Waals surface area contributed by atoms with Crippen molar-refractivity contribution in [2.24, 2.45) is 10.8 Å². The molecule has 4 heterocycles. The highest BCUT2D eigenvalue weighted by molar-refractivity contribution is 5.87. The molecule has 28 heteroatoms. The number of rotatable bonds is 21. The van der Waals surface area contributed by atoms with Crippen LogP contribution in [-0.4, -0.2) is 157 Å². The Morgan fingerprint density at radius 3 is 1.81 bits per heavy atom. The average Bonchev–Trinajstić information content (AvgIpc) is 4.09. The van der Waals surface area contributed by atoms with Crippen LogP contribution in [0.2, 0.25) is 0 Å². The summed E-state index contributed by atoms with van der Waals surface area (Å²) < 4.78 is 160. The highest BCUT2D eigenvalue weighted by Gasteiger charge is 2.57. The normalized spacial score (nSPS) is 17.4. The number of methoxy groups -OCH3 is 3. The number of alkyl carbamates (subject to hydrolysis) is 2. The van der Waals surface area contributed by atoms with Gasteiger partial charge in [-0.3, -0.25) is 19.9 Å². The molecule has 4 aromatic rings. The van der Waals surface area contributed by atoms with Crippen LogP contribution in [0.25, 0.3) is 11.3 Å². The van der Waals surface area contributed by atoms with Crippen LogP contribution in [0.3, 0.4) is 0 Å². The first kappa shape index (κ1) is 63.0. The SMILES string of the molecule is COCCN1C2CCC1CN(c1ccc(C#Cc3ccc(C[C@H](NC(=O)C(NC(=O)OC)C(C)(C)C(F)(F)F)[C@@H](O)CN(Cc4c(F)cc(-c5ccn(C(F)F)n5)cc4F)NC(=O)[C@@H](NC(=O)OC)C(C)(C)C(F)(F)F)cc3)cn1)C2. The number of ether oxygens (including phenoxy) is 3. The number of piperazine rings is 1. The molecule has 2 fully saturated rings. The molecule has 2 bridgehead atoms. The number of aromatic nitrogens is 3. The van der Waals surface area contributed by atoms with E-state index in [4.69, 9.17) is 4.74 Å². The lowest BCUT2D eigenvalue weighted by Gasteiger charge is -2.41. The Balaban J connectivity index is 1.32. The molecular weight excluding hydrogens is 1090 g/mol. The maximum Gasteiger partial charge on any atom is 0.407 e. The predicted molar refractivity (Wildman–Crippen MR) is 272 cm³/mol. The lowest BCUT2D eigenvalue weighted by molar-refractivity contribution is -0.221. The van der Waals surface area contributed by atoms with Crippen molar-refractivity contribution in [3.05, 3.63) is 101 Å². The molecule has 18 nitrogen and oxygen atoms in total. The number of benzene rings is 2. The van der Waals surface area contributed by atoms with Gasteiger partial charge >= 0.3 is 31.1 Å². The van der Waals surface area contributed by atoms with E-state index in [0.29, 0.717) is 74.7 Å². The Morgan fingerprint density at radius 1 is 0.778 bits per heavy atom. The summed E-state index contributed by atoms with van der Waals surface area (Å²) in [4.78, 5) is 62.3. The largest absolute Gasteiger partial charge is 0.453 e. The van der Waals surface area contributed by atoms with Gasteiger partial charge in [-0.2, -0.15) is 40.2 Å². The maximum atomic E-state index is 16.0. The number of carbonyl (C=O) groups excluding carboxylic acids is 4. The van der Waals surface area contributed by atoms with Crippen molar-refractivity contribution in [2.45, 2.75) is 109 Å². The summed E-state index contributed by atoms with van der Waals surface area (Å²) >= 11 is 0. The van der Waals surface area contributed by atoms with Crippen molar-refractivity contribution in [3.63, 3.8) is 0 Å². The van der Waals surface area contributed by atoms with Crippen LogP contribution in [-0.2, 0) is 36.8 Å². The van der Waals surface area contributed by atoms with Gasteiger partial charge < -0.3 is 40.2 Å². The molecule has 6 atom stereocenters. The van der Waals surface area contributed by atoms with Gasteiger partial charge in [0.25, 0.3) is 5.91 Å². The van der Waals surface area contributed by atoms with Crippen molar-refractivity contribution in [2.75, 3.05) is 59.0 Å². The molecule has 3 unspecified atom stereocenters. The van der Waals surface area contributed by atoms with Crippen LogP contribution in [0.5, 0.6) is 0 Å². The van der Waals surface area contributed by atoms with Crippen LogP contribution < -0.4 is 26.3 Å². The third-order valence-electron chi connectivity index (χ3n) is 14.4. The first-order chi connectivity index (χ1) is 38.0. The minimum absolute atomic E-state index is 0.198. The number of alkyl halides is 8. The van der Waals surface area contributed by atoms with E-state index in [-0.39, 0.29) is 21.5 Å². The quantitative estimate of drug-likeness (QED) is 0.0329. The van der Waals surface area contributed by atoms with Gasteiger partial charge in [0.1, 0.15) is 29.5 Å². The fourth-order valence-electron chi connectivity index (χ4n) is 9.30. The number of amides is 4. The van der Waals surface area contributed by atoms with Gasteiger partial charge in [-0.1, -0.05) is 24.0 Å². The topological polar surface area (TPSA) is 205 Å². The lowest BCUT2D eigenvalue weighted by atomic mass is 9.82. The highest BCUT2D eigenvalue weighted by Crippen LogP contribution is 2.42. The van der Waals surface area contributed by atoms with E-state index in [1.165, 1.54) is 12.1 Å². The van der Waals surface area contributed by atoms with Crippen LogP contribution >= 0.6 is 0 Å². The Labute approximate surface area is 459 Å². The molecule has 5 N–H and O–H groups in total. The van der Waals surface area contributed by atoms with E-state index in [0.717, 1.165) is 64.8 Å². The van der Waals surface area contributed by atoms with Crippen LogP contribution in [0.15, 0.2) is 67.0 Å². The minimum atomic E-state index is -5.23. The third-order valence-corrected chi connectivity index (χ3v) is 14.4. The summed E-state index contributed by atoms with van der Waals surface area (Å²) in [6.07, 6.45) is -11.4. The van der Waals surface area contributed by atoms with Crippen molar-refractivity contribution >= 4 is 29.8 Å². The van der Waals surface area contributed by atoms with Gasteiger partial charge in [0, 0.05) is 86.6 Å². The van der Waals surface area contributed by atoms with E-state index >= 15 is 8.78 Å². The van der Waals surface area contributed by atoms with E-state index in [9.17, 15) is 59.4 Å². The number of hydrogen-bond acceptors (Lipinski definition) is 13. The number of hydrazine groups is 1. The van der Waals surface area contributed by atoms with Crippen molar-refractivity contribution in [1.82, 2.24) is 46.0 Å².